The molecule has 20 heavy (non-hydrogen) atoms. The minimum atomic E-state index is -0.0387. The number of aromatic nitrogens is 2. The van der Waals surface area contributed by atoms with Crippen LogP contribution in [0.3, 0.4) is 0 Å². The molecule has 0 atom stereocenters. The Labute approximate surface area is 119 Å². The van der Waals surface area contributed by atoms with Crippen molar-refractivity contribution in [3.63, 3.8) is 0 Å². The molecule has 0 unspecified atom stereocenters. The highest BCUT2D eigenvalue weighted by Crippen LogP contribution is 2.17. The molecule has 0 fully saturated rings. The van der Waals surface area contributed by atoms with Gasteiger partial charge in [0.1, 0.15) is 5.69 Å². The monoisotopic (exact) mass is 272 g/mol. The smallest absolute Gasteiger partial charge is 0.272 e. The van der Waals surface area contributed by atoms with E-state index in [1.54, 1.807) is 22.0 Å². The highest BCUT2D eigenvalue weighted by Gasteiger charge is 2.22. The molecule has 0 saturated heterocycles. The zero-order valence-corrected chi connectivity index (χ0v) is 12.1. The number of rotatable bonds is 4. The summed E-state index contributed by atoms with van der Waals surface area (Å²) in [6.45, 7) is 4.48. The molecule has 0 bridgehead atoms. The standard InChI is InChI=1S/C15H20N4O/c1-11(2)19(9-12-6-4-5-7-13(12)16)15(20)14-8-17-10-18(14)3/h4-8,10-11H,9,16H2,1-3H3. The Morgan fingerprint density at radius 1 is 1.40 bits per heavy atom. The number of anilines is 1. The number of benzene rings is 1. The lowest BCUT2D eigenvalue weighted by atomic mass is 10.1. The number of nitrogens with two attached hydrogens (primary N) is 1. The average molecular weight is 272 g/mol. The van der Waals surface area contributed by atoms with E-state index in [1.165, 1.54) is 0 Å². The number of hydrogen-bond donors (Lipinski definition) is 1. The maximum atomic E-state index is 12.6. The van der Waals surface area contributed by atoms with Gasteiger partial charge in [-0.05, 0) is 25.5 Å². The summed E-state index contributed by atoms with van der Waals surface area (Å²) in [7, 11) is 1.82. The van der Waals surface area contributed by atoms with E-state index in [-0.39, 0.29) is 11.9 Å². The van der Waals surface area contributed by atoms with Gasteiger partial charge in [-0.3, -0.25) is 4.79 Å². The van der Waals surface area contributed by atoms with Crippen molar-refractivity contribution in [3.05, 3.63) is 48.0 Å². The predicted molar refractivity (Wildman–Crippen MR) is 79.1 cm³/mol. The van der Waals surface area contributed by atoms with Crippen molar-refractivity contribution >= 4 is 11.6 Å². The second kappa shape index (κ2) is 5.77. The summed E-state index contributed by atoms with van der Waals surface area (Å²) in [5.74, 6) is -0.0387. The van der Waals surface area contributed by atoms with Gasteiger partial charge in [0.15, 0.2) is 0 Å². The third kappa shape index (κ3) is 2.82. The van der Waals surface area contributed by atoms with Crippen LogP contribution in [0.25, 0.3) is 0 Å². The molecule has 2 N–H and O–H groups in total. The fraction of sp³-hybridized carbons (Fsp3) is 0.333. The minimum Gasteiger partial charge on any atom is -0.398 e. The first kappa shape index (κ1) is 14.1. The molecule has 1 heterocycles. The van der Waals surface area contributed by atoms with Crippen LogP contribution < -0.4 is 5.73 Å². The summed E-state index contributed by atoms with van der Waals surface area (Å²) in [6, 6.07) is 7.70. The molecule has 1 amide bonds. The third-order valence-corrected chi connectivity index (χ3v) is 3.32. The van der Waals surface area contributed by atoms with Crippen LogP contribution in [0.1, 0.15) is 29.9 Å². The second-order valence-corrected chi connectivity index (χ2v) is 5.12. The van der Waals surface area contributed by atoms with E-state index in [9.17, 15) is 4.79 Å². The molecule has 106 valence electrons. The lowest BCUT2D eigenvalue weighted by Gasteiger charge is -2.27. The van der Waals surface area contributed by atoms with E-state index in [1.807, 2.05) is 45.2 Å². The van der Waals surface area contributed by atoms with Gasteiger partial charge in [-0.2, -0.15) is 0 Å². The van der Waals surface area contributed by atoms with E-state index >= 15 is 0 Å². The Kier molecular flexibility index (Phi) is 4.08. The van der Waals surface area contributed by atoms with Gasteiger partial charge >= 0.3 is 0 Å². The van der Waals surface area contributed by atoms with Crippen molar-refractivity contribution in [2.24, 2.45) is 7.05 Å². The Morgan fingerprint density at radius 2 is 2.10 bits per heavy atom. The van der Waals surface area contributed by atoms with Crippen LogP contribution >= 0.6 is 0 Å². The summed E-state index contributed by atoms with van der Waals surface area (Å²) in [4.78, 5) is 18.4. The SMILES string of the molecule is CC(C)N(Cc1ccccc1N)C(=O)c1cncn1C. The zero-order valence-electron chi connectivity index (χ0n) is 12.1. The molecular weight excluding hydrogens is 252 g/mol. The van der Waals surface area contributed by atoms with Crippen molar-refractivity contribution in [1.29, 1.82) is 0 Å². The number of nitrogens with zero attached hydrogens (tertiary/aromatic N) is 3. The number of carbonyl (C=O) groups excluding carboxylic acids is 1. The molecule has 0 radical (unpaired) electrons. The van der Waals surface area contributed by atoms with Gasteiger partial charge in [-0.1, -0.05) is 18.2 Å². The van der Waals surface area contributed by atoms with Crippen molar-refractivity contribution in [3.8, 4) is 0 Å². The molecule has 5 heteroatoms. The number of amides is 1. The molecule has 5 nitrogen and oxygen atoms in total. The van der Waals surface area contributed by atoms with Crippen molar-refractivity contribution in [2.75, 3.05) is 5.73 Å². The van der Waals surface area contributed by atoms with E-state index in [0.29, 0.717) is 17.9 Å². The lowest BCUT2D eigenvalue weighted by molar-refractivity contribution is 0.0681. The van der Waals surface area contributed by atoms with Crippen molar-refractivity contribution in [2.45, 2.75) is 26.4 Å². The van der Waals surface area contributed by atoms with Crippen LogP contribution in [0.5, 0.6) is 0 Å². The number of para-hydroxylation sites is 1. The molecule has 0 spiro atoms. The molecule has 1 aromatic carbocycles. The zero-order chi connectivity index (χ0) is 14.7. The van der Waals surface area contributed by atoms with Gasteiger partial charge in [-0.25, -0.2) is 4.98 Å². The molecule has 0 saturated carbocycles. The number of carbonyl (C=O) groups is 1. The minimum absolute atomic E-state index is 0.0387. The predicted octanol–water partition coefficient (Wildman–Crippen LogP) is 2.05. The maximum absolute atomic E-state index is 12.6. The maximum Gasteiger partial charge on any atom is 0.272 e. The fourth-order valence-electron chi connectivity index (χ4n) is 2.06. The Balaban J connectivity index is 2.27. The fourth-order valence-corrected chi connectivity index (χ4v) is 2.06. The molecule has 2 aromatic rings. The van der Waals surface area contributed by atoms with Crippen molar-refractivity contribution < 1.29 is 4.79 Å². The van der Waals surface area contributed by atoms with Gasteiger partial charge in [-0.15, -0.1) is 0 Å². The van der Waals surface area contributed by atoms with Crippen LogP contribution in [-0.2, 0) is 13.6 Å². The Hall–Kier alpha value is -2.30. The summed E-state index contributed by atoms with van der Waals surface area (Å²) in [6.07, 6.45) is 3.22. The van der Waals surface area contributed by atoms with Crippen LogP contribution in [0.15, 0.2) is 36.8 Å². The van der Waals surface area contributed by atoms with Crippen LogP contribution in [0, 0.1) is 0 Å². The van der Waals surface area contributed by atoms with Crippen molar-refractivity contribution in [1.82, 2.24) is 14.5 Å². The molecule has 0 aliphatic heterocycles. The first-order chi connectivity index (χ1) is 9.50. The van der Waals surface area contributed by atoms with E-state index in [0.717, 1.165) is 5.56 Å². The molecule has 1 aromatic heterocycles. The van der Waals surface area contributed by atoms with Gasteiger partial charge in [0.2, 0.25) is 0 Å². The summed E-state index contributed by atoms with van der Waals surface area (Å²) < 4.78 is 1.73. The molecule has 0 aliphatic carbocycles. The number of imidazole rings is 1. The number of aryl methyl sites for hydroxylation is 1. The van der Waals surface area contributed by atoms with Crippen LogP contribution in [0.2, 0.25) is 0 Å². The lowest BCUT2D eigenvalue weighted by Crippen LogP contribution is -2.37. The molecule has 0 aliphatic rings. The number of nitrogen functional groups attached to an aromatic ring is 1. The Bertz CT molecular complexity index is 603. The average Bonchev–Trinajstić information content (AvgIpc) is 2.83. The largest absolute Gasteiger partial charge is 0.398 e. The highest BCUT2D eigenvalue weighted by atomic mass is 16.2. The summed E-state index contributed by atoms with van der Waals surface area (Å²) in [5.41, 5.74) is 8.20. The first-order valence-electron chi connectivity index (χ1n) is 6.61. The van der Waals surface area contributed by atoms with E-state index in [4.69, 9.17) is 5.73 Å². The topological polar surface area (TPSA) is 64.2 Å². The normalized spacial score (nSPS) is 10.8. The van der Waals surface area contributed by atoms with E-state index in [2.05, 4.69) is 4.98 Å². The molecule has 2 rings (SSSR count). The first-order valence-corrected chi connectivity index (χ1v) is 6.61. The third-order valence-electron chi connectivity index (χ3n) is 3.32. The molecular formula is C15H20N4O. The van der Waals surface area contributed by atoms with Gasteiger partial charge in [0.05, 0.1) is 12.5 Å². The Morgan fingerprint density at radius 3 is 2.65 bits per heavy atom. The van der Waals surface area contributed by atoms with E-state index < -0.39 is 0 Å². The van der Waals surface area contributed by atoms with Gasteiger partial charge in [0, 0.05) is 25.3 Å². The summed E-state index contributed by atoms with van der Waals surface area (Å²) >= 11 is 0. The van der Waals surface area contributed by atoms with Gasteiger partial charge < -0.3 is 15.2 Å². The highest BCUT2D eigenvalue weighted by molar-refractivity contribution is 5.92. The van der Waals surface area contributed by atoms with Crippen LogP contribution in [-0.4, -0.2) is 26.4 Å². The van der Waals surface area contributed by atoms with Gasteiger partial charge in [0.25, 0.3) is 5.91 Å². The number of hydrogen-bond acceptors (Lipinski definition) is 3. The quantitative estimate of drug-likeness (QED) is 0.866. The second-order valence-electron chi connectivity index (χ2n) is 5.12. The summed E-state index contributed by atoms with van der Waals surface area (Å²) in [5, 5.41) is 0. The van der Waals surface area contributed by atoms with Crippen LogP contribution in [0.4, 0.5) is 5.69 Å².